The van der Waals surface area contributed by atoms with E-state index in [4.69, 9.17) is 22.7 Å². The number of halogens is 1. The molecule has 0 unspecified atom stereocenters. The maximum atomic E-state index is 7.37. The average molecular weight is 223 g/mol. The van der Waals surface area contributed by atoms with Crippen molar-refractivity contribution in [3.05, 3.63) is 35.2 Å². The van der Waals surface area contributed by atoms with Crippen LogP contribution in [0, 0.1) is 5.41 Å². The lowest BCUT2D eigenvalue weighted by molar-refractivity contribution is 0.811. The summed E-state index contributed by atoms with van der Waals surface area (Å²) in [7, 11) is 0. The van der Waals surface area contributed by atoms with Gasteiger partial charge in [0.25, 0.3) is 0 Å². The first kappa shape index (κ1) is 9.60. The second kappa shape index (κ2) is 3.66. The number of rotatable bonds is 2. The van der Waals surface area contributed by atoms with E-state index in [-0.39, 0.29) is 5.84 Å². The Balaban J connectivity index is 2.57. The standard InChI is InChI=1S/C8H7ClN6/c9-5-3-13-15(4-5)8-6(7(10)11)1-2-12-14-8/h1-4H,(H3,10,11). The van der Waals surface area contributed by atoms with Crippen LogP contribution in [0.15, 0.2) is 24.7 Å². The molecule has 0 aliphatic rings. The van der Waals surface area contributed by atoms with Crippen LogP contribution in [-0.4, -0.2) is 25.8 Å². The second-order valence-corrected chi connectivity index (χ2v) is 3.22. The number of aromatic nitrogens is 4. The number of hydrogen-bond acceptors (Lipinski definition) is 4. The lowest BCUT2D eigenvalue weighted by Gasteiger charge is -2.04. The maximum Gasteiger partial charge on any atom is 0.186 e. The first-order chi connectivity index (χ1) is 7.18. The Kier molecular flexibility index (Phi) is 2.34. The molecule has 0 aromatic carbocycles. The number of nitrogens with zero attached hydrogens (tertiary/aromatic N) is 4. The van der Waals surface area contributed by atoms with Crippen molar-refractivity contribution in [3.8, 4) is 5.82 Å². The van der Waals surface area contributed by atoms with Crippen LogP contribution in [0.25, 0.3) is 5.82 Å². The normalized spacial score (nSPS) is 10.2. The molecule has 0 aliphatic carbocycles. The molecule has 0 radical (unpaired) electrons. The average Bonchev–Trinajstić information content (AvgIpc) is 2.65. The van der Waals surface area contributed by atoms with Gasteiger partial charge < -0.3 is 5.73 Å². The van der Waals surface area contributed by atoms with Gasteiger partial charge in [0, 0.05) is 0 Å². The summed E-state index contributed by atoms with van der Waals surface area (Å²) in [5.74, 6) is 0.295. The fourth-order valence-corrected chi connectivity index (χ4v) is 1.26. The molecule has 3 N–H and O–H groups in total. The fraction of sp³-hybridized carbons (Fsp3) is 0. The minimum atomic E-state index is -0.0912. The van der Waals surface area contributed by atoms with Gasteiger partial charge in [-0.1, -0.05) is 11.6 Å². The number of hydrogen-bond donors (Lipinski definition) is 2. The van der Waals surface area contributed by atoms with E-state index < -0.39 is 0 Å². The highest BCUT2D eigenvalue weighted by molar-refractivity contribution is 6.30. The molecule has 76 valence electrons. The molecule has 0 fully saturated rings. The van der Waals surface area contributed by atoms with Gasteiger partial charge in [-0.15, -0.1) is 5.10 Å². The first-order valence-corrected chi connectivity index (χ1v) is 4.43. The lowest BCUT2D eigenvalue weighted by Crippen LogP contribution is -2.16. The van der Waals surface area contributed by atoms with Gasteiger partial charge in [0.1, 0.15) is 5.84 Å². The predicted octanol–water partition coefficient (Wildman–Crippen LogP) is 0.600. The maximum absolute atomic E-state index is 7.37. The summed E-state index contributed by atoms with van der Waals surface area (Å²) < 4.78 is 1.42. The summed E-state index contributed by atoms with van der Waals surface area (Å²) in [5.41, 5.74) is 5.86. The largest absolute Gasteiger partial charge is 0.384 e. The van der Waals surface area contributed by atoms with E-state index in [1.54, 1.807) is 12.3 Å². The zero-order chi connectivity index (χ0) is 10.8. The van der Waals surface area contributed by atoms with E-state index in [1.807, 2.05) is 0 Å². The first-order valence-electron chi connectivity index (χ1n) is 4.05. The summed E-state index contributed by atoms with van der Waals surface area (Å²) >= 11 is 5.73. The van der Waals surface area contributed by atoms with Crippen LogP contribution in [0.1, 0.15) is 5.56 Å². The molecule has 2 heterocycles. The van der Waals surface area contributed by atoms with Gasteiger partial charge in [-0.25, -0.2) is 4.68 Å². The topological polar surface area (TPSA) is 93.5 Å². The number of nitrogens with two attached hydrogens (primary N) is 1. The van der Waals surface area contributed by atoms with Gasteiger partial charge >= 0.3 is 0 Å². The van der Waals surface area contributed by atoms with Crippen LogP contribution < -0.4 is 5.73 Å². The summed E-state index contributed by atoms with van der Waals surface area (Å²) in [4.78, 5) is 0. The highest BCUT2D eigenvalue weighted by Gasteiger charge is 2.09. The zero-order valence-electron chi connectivity index (χ0n) is 7.55. The van der Waals surface area contributed by atoms with Crippen LogP contribution >= 0.6 is 11.6 Å². The van der Waals surface area contributed by atoms with Crippen molar-refractivity contribution >= 4 is 17.4 Å². The van der Waals surface area contributed by atoms with E-state index >= 15 is 0 Å². The molecule has 0 atom stereocenters. The van der Waals surface area contributed by atoms with Crippen molar-refractivity contribution in [2.45, 2.75) is 0 Å². The molecule has 6 nitrogen and oxygen atoms in total. The van der Waals surface area contributed by atoms with Gasteiger partial charge in [-0.05, 0) is 6.07 Å². The molecule has 0 saturated carbocycles. The van der Waals surface area contributed by atoms with Gasteiger partial charge in [0.2, 0.25) is 0 Å². The molecule has 0 spiro atoms. The molecule has 2 aromatic heterocycles. The summed E-state index contributed by atoms with van der Waals surface area (Å²) in [6.07, 6.45) is 4.50. The predicted molar refractivity (Wildman–Crippen MR) is 55.2 cm³/mol. The minimum absolute atomic E-state index is 0.0912. The van der Waals surface area contributed by atoms with E-state index in [0.29, 0.717) is 16.4 Å². The molecule has 0 saturated heterocycles. The number of nitrogen functional groups attached to an aromatic ring is 1. The Morgan fingerprint density at radius 3 is 2.93 bits per heavy atom. The molecule has 0 aliphatic heterocycles. The van der Waals surface area contributed by atoms with Crippen molar-refractivity contribution in [3.63, 3.8) is 0 Å². The van der Waals surface area contributed by atoms with E-state index in [0.717, 1.165) is 0 Å². The Morgan fingerprint density at radius 2 is 2.33 bits per heavy atom. The molecule has 15 heavy (non-hydrogen) atoms. The van der Waals surface area contributed by atoms with Crippen LogP contribution in [0.4, 0.5) is 0 Å². The highest BCUT2D eigenvalue weighted by Crippen LogP contribution is 2.12. The minimum Gasteiger partial charge on any atom is -0.384 e. The van der Waals surface area contributed by atoms with Crippen molar-refractivity contribution in [1.82, 2.24) is 20.0 Å². The molecule has 0 amide bonds. The Morgan fingerprint density at radius 1 is 1.53 bits per heavy atom. The monoisotopic (exact) mass is 222 g/mol. The summed E-state index contributed by atoms with van der Waals surface area (Å²) in [6, 6.07) is 1.60. The Hall–Kier alpha value is -1.95. The molecular formula is C8H7ClN6. The summed E-state index contributed by atoms with van der Waals surface area (Å²) in [6.45, 7) is 0. The third-order valence-corrected chi connectivity index (χ3v) is 1.95. The van der Waals surface area contributed by atoms with E-state index in [1.165, 1.54) is 17.1 Å². The van der Waals surface area contributed by atoms with Crippen molar-refractivity contribution in [2.75, 3.05) is 0 Å². The van der Waals surface area contributed by atoms with Crippen LogP contribution in [0.2, 0.25) is 5.02 Å². The molecule has 2 rings (SSSR count). The van der Waals surface area contributed by atoms with E-state index in [2.05, 4.69) is 15.3 Å². The molecular weight excluding hydrogens is 216 g/mol. The smallest absolute Gasteiger partial charge is 0.186 e. The van der Waals surface area contributed by atoms with Crippen molar-refractivity contribution in [1.29, 1.82) is 5.41 Å². The number of nitrogens with one attached hydrogen (secondary N) is 1. The molecule has 2 aromatic rings. The van der Waals surface area contributed by atoms with Crippen LogP contribution in [-0.2, 0) is 0 Å². The SMILES string of the molecule is N=C(N)c1ccnnc1-n1cc(Cl)cn1. The lowest BCUT2D eigenvalue weighted by atomic mass is 10.2. The quantitative estimate of drug-likeness (QED) is 0.575. The Bertz CT molecular complexity index is 505. The third-order valence-electron chi connectivity index (χ3n) is 1.76. The fourth-order valence-electron chi connectivity index (χ4n) is 1.12. The molecule has 0 bridgehead atoms. The van der Waals surface area contributed by atoms with Crippen LogP contribution in [0.3, 0.4) is 0 Å². The van der Waals surface area contributed by atoms with Gasteiger partial charge in [0.05, 0.1) is 29.2 Å². The summed E-state index contributed by atoms with van der Waals surface area (Å²) in [5, 5.41) is 19.4. The van der Waals surface area contributed by atoms with Crippen LogP contribution in [0.5, 0.6) is 0 Å². The Labute approximate surface area is 90.2 Å². The van der Waals surface area contributed by atoms with Crippen molar-refractivity contribution < 1.29 is 0 Å². The number of amidine groups is 1. The van der Waals surface area contributed by atoms with Gasteiger partial charge in [-0.2, -0.15) is 10.2 Å². The van der Waals surface area contributed by atoms with Gasteiger partial charge in [0.15, 0.2) is 5.82 Å². The van der Waals surface area contributed by atoms with Crippen molar-refractivity contribution in [2.24, 2.45) is 5.73 Å². The third kappa shape index (κ3) is 1.79. The van der Waals surface area contributed by atoms with E-state index in [9.17, 15) is 0 Å². The highest BCUT2D eigenvalue weighted by atomic mass is 35.5. The second-order valence-electron chi connectivity index (χ2n) is 2.79. The molecule has 7 heteroatoms. The van der Waals surface area contributed by atoms with Gasteiger partial charge in [-0.3, -0.25) is 5.41 Å². The zero-order valence-corrected chi connectivity index (χ0v) is 8.31.